The fourth-order valence-electron chi connectivity index (χ4n) is 4.14. The van der Waals surface area contributed by atoms with Crippen molar-refractivity contribution in [3.05, 3.63) is 57.4 Å². The Morgan fingerprint density at radius 1 is 1.16 bits per heavy atom. The first-order valence-corrected chi connectivity index (χ1v) is 9.25. The van der Waals surface area contributed by atoms with Gasteiger partial charge in [0.05, 0.1) is 21.8 Å². The van der Waals surface area contributed by atoms with Gasteiger partial charge in [0.2, 0.25) is 0 Å². The van der Waals surface area contributed by atoms with E-state index in [-0.39, 0.29) is 11.8 Å². The van der Waals surface area contributed by atoms with Gasteiger partial charge in [0.25, 0.3) is 0 Å². The van der Waals surface area contributed by atoms with Crippen LogP contribution in [-0.4, -0.2) is 21.3 Å². The molecule has 3 nitrogen and oxygen atoms in total. The van der Waals surface area contributed by atoms with E-state index in [9.17, 15) is 10.2 Å². The third-order valence-electron chi connectivity index (χ3n) is 5.49. The number of aliphatic hydroxyl groups is 2. The van der Waals surface area contributed by atoms with Crippen LogP contribution < -0.4 is 0 Å². The van der Waals surface area contributed by atoms with Gasteiger partial charge in [-0.2, -0.15) is 0 Å². The van der Waals surface area contributed by atoms with Crippen LogP contribution in [0.3, 0.4) is 0 Å². The Morgan fingerprint density at radius 2 is 1.96 bits per heavy atom. The molecule has 4 rings (SSSR count). The number of rotatable bonds is 2. The molecule has 2 N–H and O–H groups in total. The predicted octanol–water partition coefficient (Wildman–Crippen LogP) is 5.42. The zero-order chi connectivity index (χ0) is 17.7. The van der Waals surface area contributed by atoms with Gasteiger partial charge >= 0.3 is 0 Å². The fraction of sp³-hybridized carbons (Fsp3) is 0.350. The van der Waals surface area contributed by atoms with E-state index in [1.165, 1.54) is 0 Å². The summed E-state index contributed by atoms with van der Waals surface area (Å²) >= 11 is 12.2. The molecule has 0 saturated heterocycles. The Balaban J connectivity index is 1.85. The summed E-state index contributed by atoms with van der Waals surface area (Å²) in [7, 11) is 0. The lowest BCUT2D eigenvalue weighted by Crippen LogP contribution is -2.26. The molecule has 5 heteroatoms. The molecule has 0 spiro atoms. The van der Waals surface area contributed by atoms with Crippen molar-refractivity contribution in [3.8, 4) is 11.3 Å². The van der Waals surface area contributed by atoms with Gasteiger partial charge < -0.3 is 10.2 Å². The Morgan fingerprint density at radius 3 is 2.72 bits per heavy atom. The van der Waals surface area contributed by atoms with E-state index in [1.54, 1.807) is 12.3 Å². The van der Waals surface area contributed by atoms with Crippen molar-refractivity contribution in [3.63, 3.8) is 0 Å². The van der Waals surface area contributed by atoms with Gasteiger partial charge in [0.1, 0.15) is 5.76 Å². The van der Waals surface area contributed by atoms with E-state index in [0.29, 0.717) is 27.1 Å². The molecular weight excluding hydrogens is 357 g/mol. The molecule has 1 aromatic heterocycles. The van der Waals surface area contributed by atoms with Crippen molar-refractivity contribution in [1.82, 2.24) is 4.98 Å². The maximum atomic E-state index is 10.8. The second kappa shape index (κ2) is 6.31. The number of aromatic nitrogens is 1. The average Bonchev–Trinajstić information content (AvgIpc) is 3.02. The van der Waals surface area contributed by atoms with E-state index in [0.717, 1.165) is 36.0 Å². The molecule has 130 valence electrons. The quantitative estimate of drug-likeness (QED) is 0.736. The van der Waals surface area contributed by atoms with Gasteiger partial charge in [-0.3, -0.25) is 4.98 Å². The van der Waals surface area contributed by atoms with Crippen LogP contribution in [0.4, 0.5) is 0 Å². The number of pyridine rings is 1. The van der Waals surface area contributed by atoms with Crippen LogP contribution in [0.2, 0.25) is 10.0 Å². The molecule has 1 aromatic carbocycles. The van der Waals surface area contributed by atoms with Gasteiger partial charge in [0.15, 0.2) is 0 Å². The molecule has 0 amide bonds. The summed E-state index contributed by atoms with van der Waals surface area (Å²) in [5, 5.41) is 22.5. The number of hydrogen-bond acceptors (Lipinski definition) is 3. The highest BCUT2D eigenvalue weighted by molar-refractivity contribution is 6.36. The summed E-state index contributed by atoms with van der Waals surface area (Å²) in [5.41, 5.74) is 4.03. The Kier molecular flexibility index (Phi) is 4.27. The van der Waals surface area contributed by atoms with Crippen LogP contribution in [0, 0.1) is 18.8 Å². The van der Waals surface area contributed by atoms with E-state index >= 15 is 0 Å². The third kappa shape index (κ3) is 2.84. The van der Waals surface area contributed by atoms with Crippen molar-refractivity contribution in [1.29, 1.82) is 0 Å². The molecule has 0 radical (unpaired) electrons. The van der Waals surface area contributed by atoms with E-state index in [1.807, 2.05) is 25.1 Å². The van der Waals surface area contributed by atoms with Gasteiger partial charge in [-0.1, -0.05) is 35.3 Å². The molecule has 1 fully saturated rings. The highest BCUT2D eigenvalue weighted by Crippen LogP contribution is 2.48. The van der Waals surface area contributed by atoms with Crippen LogP contribution in [0.15, 0.2) is 36.2 Å². The summed E-state index contributed by atoms with van der Waals surface area (Å²) in [5.74, 6) is 0.747. The molecule has 1 saturated carbocycles. The van der Waals surface area contributed by atoms with Gasteiger partial charge in [-0.05, 0) is 55.4 Å². The van der Waals surface area contributed by atoms with Crippen LogP contribution in [0.25, 0.3) is 16.8 Å². The highest BCUT2D eigenvalue weighted by Gasteiger charge is 2.41. The minimum absolute atomic E-state index is 0.170. The molecule has 2 aromatic rings. The predicted molar refractivity (Wildman–Crippen MR) is 101 cm³/mol. The number of nitrogens with zero attached hydrogens (tertiary/aromatic N) is 1. The van der Waals surface area contributed by atoms with Crippen molar-refractivity contribution in [2.75, 3.05) is 0 Å². The lowest BCUT2D eigenvalue weighted by atomic mass is 9.80. The number of fused-ring (bicyclic) bond motifs is 2. The van der Waals surface area contributed by atoms with Crippen molar-refractivity contribution < 1.29 is 10.2 Å². The monoisotopic (exact) mass is 375 g/mol. The number of aliphatic hydroxyl groups excluding tert-OH is 2. The first-order valence-electron chi connectivity index (χ1n) is 8.49. The topological polar surface area (TPSA) is 53.4 Å². The molecule has 25 heavy (non-hydrogen) atoms. The first kappa shape index (κ1) is 16.9. The van der Waals surface area contributed by atoms with Crippen LogP contribution >= 0.6 is 23.2 Å². The minimum atomic E-state index is -0.624. The Bertz CT molecular complexity index is 878. The second-order valence-electron chi connectivity index (χ2n) is 7.03. The number of halogens is 2. The van der Waals surface area contributed by atoms with Gasteiger partial charge in [-0.25, -0.2) is 0 Å². The third-order valence-corrected chi connectivity index (χ3v) is 5.98. The second-order valence-corrected chi connectivity index (χ2v) is 7.87. The number of allylic oxidation sites excluding steroid dienone is 1. The fourth-order valence-corrected chi connectivity index (χ4v) is 4.63. The van der Waals surface area contributed by atoms with Crippen molar-refractivity contribution in [2.24, 2.45) is 11.8 Å². The summed E-state index contributed by atoms with van der Waals surface area (Å²) in [4.78, 5) is 4.34. The molecule has 1 heterocycles. The van der Waals surface area contributed by atoms with Gasteiger partial charge in [0, 0.05) is 23.3 Å². The summed E-state index contributed by atoms with van der Waals surface area (Å²) < 4.78 is 0. The molecule has 2 bridgehead atoms. The smallest absolute Gasteiger partial charge is 0.102 e. The maximum absolute atomic E-state index is 10.8. The maximum Gasteiger partial charge on any atom is 0.102 e. The Labute approximate surface area is 156 Å². The molecular formula is C20H19Cl2NO2. The van der Waals surface area contributed by atoms with E-state index < -0.39 is 6.10 Å². The van der Waals surface area contributed by atoms with Crippen LogP contribution in [-0.2, 0) is 0 Å². The first-order chi connectivity index (χ1) is 12.0. The van der Waals surface area contributed by atoms with Crippen molar-refractivity contribution >= 4 is 28.8 Å². The SMILES string of the molecule is Cc1ccc(-c2ncc(Cl)cc2Cl)cc1C1=C(O)[C@H]2CC[C@H](C2)C1O. The largest absolute Gasteiger partial charge is 0.512 e. The zero-order valence-corrected chi connectivity index (χ0v) is 15.3. The zero-order valence-electron chi connectivity index (χ0n) is 13.8. The van der Waals surface area contributed by atoms with E-state index in [2.05, 4.69) is 4.98 Å². The normalized spacial score (nSPS) is 25.5. The van der Waals surface area contributed by atoms with Crippen LogP contribution in [0.1, 0.15) is 30.4 Å². The number of hydrogen-bond donors (Lipinski definition) is 2. The summed E-state index contributed by atoms with van der Waals surface area (Å²) in [6.07, 6.45) is 3.72. The Hall–Kier alpha value is -1.55. The standard InChI is InChI=1S/C20H19Cl2NO2/c1-10-2-3-11(18-16(22)8-14(21)9-23-18)7-15(10)17-19(24)12-4-5-13(6-12)20(17)25/h2-3,7-9,12-13,19,24-25H,4-6H2,1H3/t12-,13+,19?/m1/s1. The highest BCUT2D eigenvalue weighted by atomic mass is 35.5. The lowest BCUT2D eigenvalue weighted by molar-refractivity contribution is 0.146. The summed E-state index contributed by atoms with van der Waals surface area (Å²) in [6, 6.07) is 7.54. The van der Waals surface area contributed by atoms with Crippen molar-refractivity contribution in [2.45, 2.75) is 32.3 Å². The molecule has 2 aliphatic rings. The number of benzene rings is 1. The number of aryl methyl sites for hydroxylation is 1. The lowest BCUT2D eigenvalue weighted by Gasteiger charge is -2.29. The molecule has 3 atom stereocenters. The molecule has 2 aliphatic carbocycles. The molecule has 0 aliphatic heterocycles. The summed E-state index contributed by atoms with van der Waals surface area (Å²) in [6.45, 7) is 1.99. The molecule has 1 unspecified atom stereocenters. The average molecular weight is 376 g/mol. The minimum Gasteiger partial charge on any atom is -0.512 e. The van der Waals surface area contributed by atoms with E-state index in [4.69, 9.17) is 23.2 Å². The van der Waals surface area contributed by atoms with Crippen LogP contribution in [0.5, 0.6) is 0 Å². The van der Waals surface area contributed by atoms with Gasteiger partial charge in [-0.15, -0.1) is 0 Å².